The number of hydrogen-bond donors (Lipinski definition) is 0. The van der Waals surface area contributed by atoms with Crippen molar-refractivity contribution >= 4 is 11.6 Å². The van der Waals surface area contributed by atoms with Gasteiger partial charge in [-0.2, -0.15) is 0 Å². The van der Waals surface area contributed by atoms with Crippen molar-refractivity contribution in [1.82, 2.24) is 9.88 Å². The van der Waals surface area contributed by atoms with E-state index in [0.717, 1.165) is 26.1 Å². The second-order valence-corrected chi connectivity index (χ2v) is 4.59. The quantitative estimate of drug-likeness (QED) is 0.702. The van der Waals surface area contributed by atoms with Gasteiger partial charge in [0.25, 0.3) is 0 Å². The van der Waals surface area contributed by atoms with Gasteiger partial charge in [0, 0.05) is 32.4 Å². The van der Waals surface area contributed by atoms with Gasteiger partial charge < -0.3 is 4.74 Å². The van der Waals surface area contributed by atoms with Gasteiger partial charge in [-0.15, -0.1) is 0 Å². The maximum Gasteiger partial charge on any atom is 0.129 e. The Kier molecular flexibility index (Phi) is 6.48. The normalized spacial score (nSPS) is 13.0. The van der Waals surface area contributed by atoms with Crippen molar-refractivity contribution in [1.29, 1.82) is 0 Å². The van der Waals surface area contributed by atoms with Crippen LogP contribution < -0.4 is 0 Å². The summed E-state index contributed by atoms with van der Waals surface area (Å²) in [5.41, 5.74) is 1.20. The number of ether oxygens (including phenoxy) is 1. The van der Waals surface area contributed by atoms with Gasteiger partial charge in [-0.1, -0.05) is 18.5 Å². The lowest BCUT2D eigenvalue weighted by Crippen LogP contribution is -2.34. The van der Waals surface area contributed by atoms with Gasteiger partial charge in [-0.25, -0.2) is 4.98 Å². The fourth-order valence-electron chi connectivity index (χ4n) is 1.70. The van der Waals surface area contributed by atoms with Crippen LogP contribution in [0, 0.1) is 0 Å². The summed E-state index contributed by atoms with van der Waals surface area (Å²) in [7, 11) is 1.73. The van der Waals surface area contributed by atoms with E-state index < -0.39 is 0 Å². The van der Waals surface area contributed by atoms with E-state index in [-0.39, 0.29) is 0 Å². The summed E-state index contributed by atoms with van der Waals surface area (Å²) in [6.07, 6.45) is 2.88. The molecular formula is C13H21ClN2O. The van der Waals surface area contributed by atoms with Crippen LogP contribution in [-0.4, -0.2) is 36.2 Å². The second kappa shape index (κ2) is 7.64. The molecule has 0 aromatic carbocycles. The highest BCUT2D eigenvalue weighted by atomic mass is 35.5. The maximum atomic E-state index is 5.89. The SMILES string of the molecule is CCC(C)N(CCOC)Cc1ccnc(Cl)c1. The molecule has 1 rings (SSSR count). The van der Waals surface area contributed by atoms with Crippen LogP contribution >= 0.6 is 11.6 Å². The minimum absolute atomic E-state index is 0.539. The van der Waals surface area contributed by atoms with E-state index in [2.05, 4.69) is 23.7 Å². The summed E-state index contributed by atoms with van der Waals surface area (Å²) in [4.78, 5) is 6.39. The maximum absolute atomic E-state index is 5.89. The van der Waals surface area contributed by atoms with Crippen LogP contribution in [-0.2, 0) is 11.3 Å². The number of aromatic nitrogens is 1. The van der Waals surface area contributed by atoms with Crippen molar-refractivity contribution in [2.75, 3.05) is 20.3 Å². The van der Waals surface area contributed by atoms with Gasteiger partial charge in [0.15, 0.2) is 0 Å². The summed E-state index contributed by atoms with van der Waals surface area (Å²) in [5, 5.41) is 0.554. The van der Waals surface area contributed by atoms with Crippen LogP contribution in [0.25, 0.3) is 0 Å². The van der Waals surface area contributed by atoms with Crippen molar-refractivity contribution in [3.05, 3.63) is 29.0 Å². The molecule has 1 atom stereocenters. The molecule has 0 fully saturated rings. The van der Waals surface area contributed by atoms with Gasteiger partial charge in [-0.05, 0) is 31.0 Å². The molecule has 96 valence electrons. The molecule has 1 aromatic heterocycles. The number of halogens is 1. The van der Waals surface area contributed by atoms with Crippen molar-refractivity contribution in [3.63, 3.8) is 0 Å². The molecule has 4 heteroatoms. The smallest absolute Gasteiger partial charge is 0.129 e. The lowest BCUT2D eigenvalue weighted by atomic mass is 10.2. The molecule has 0 aliphatic carbocycles. The molecule has 1 aromatic rings. The fraction of sp³-hybridized carbons (Fsp3) is 0.615. The largest absolute Gasteiger partial charge is 0.383 e. The minimum atomic E-state index is 0.539. The van der Waals surface area contributed by atoms with Crippen LogP contribution in [0.4, 0.5) is 0 Å². The van der Waals surface area contributed by atoms with Crippen LogP contribution in [0.15, 0.2) is 18.3 Å². The Bertz CT molecular complexity index is 333. The predicted octanol–water partition coefficient (Wildman–Crippen LogP) is 2.98. The highest BCUT2D eigenvalue weighted by molar-refractivity contribution is 6.29. The highest BCUT2D eigenvalue weighted by Gasteiger charge is 2.12. The third-order valence-corrected chi connectivity index (χ3v) is 3.18. The molecule has 0 aliphatic heterocycles. The van der Waals surface area contributed by atoms with Crippen molar-refractivity contribution in [2.45, 2.75) is 32.9 Å². The lowest BCUT2D eigenvalue weighted by Gasteiger charge is -2.28. The minimum Gasteiger partial charge on any atom is -0.383 e. The van der Waals surface area contributed by atoms with E-state index in [4.69, 9.17) is 16.3 Å². The summed E-state index contributed by atoms with van der Waals surface area (Å²) in [6.45, 7) is 7.01. The van der Waals surface area contributed by atoms with Gasteiger partial charge in [0.05, 0.1) is 6.61 Å². The third kappa shape index (κ3) is 5.02. The van der Waals surface area contributed by atoms with Crippen molar-refractivity contribution in [3.8, 4) is 0 Å². The Labute approximate surface area is 109 Å². The van der Waals surface area contributed by atoms with Gasteiger partial charge >= 0.3 is 0 Å². The molecule has 0 N–H and O–H groups in total. The summed E-state index contributed by atoms with van der Waals surface area (Å²) in [6, 6.07) is 4.47. The average molecular weight is 257 g/mol. The van der Waals surface area contributed by atoms with Crippen molar-refractivity contribution in [2.24, 2.45) is 0 Å². The molecule has 0 radical (unpaired) electrons. The molecule has 0 amide bonds. The Balaban J connectivity index is 2.64. The van der Waals surface area contributed by atoms with Gasteiger partial charge in [0.2, 0.25) is 0 Å². The first-order chi connectivity index (χ1) is 8.17. The first-order valence-electron chi connectivity index (χ1n) is 6.00. The van der Waals surface area contributed by atoms with Crippen LogP contribution in [0.5, 0.6) is 0 Å². The second-order valence-electron chi connectivity index (χ2n) is 4.21. The molecule has 1 unspecified atom stereocenters. The van der Waals surface area contributed by atoms with Crippen molar-refractivity contribution < 1.29 is 4.74 Å². The summed E-state index contributed by atoms with van der Waals surface area (Å²) < 4.78 is 5.15. The van der Waals surface area contributed by atoms with Gasteiger partial charge in [0.1, 0.15) is 5.15 Å². The molecule has 1 heterocycles. The van der Waals surface area contributed by atoms with E-state index >= 15 is 0 Å². The first kappa shape index (κ1) is 14.4. The van der Waals surface area contributed by atoms with Crippen LogP contribution in [0.3, 0.4) is 0 Å². The summed E-state index contributed by atoms with van der Waals surface area (Å²) >= 11 is 5.89. The Morgan fingerprint density at radius 3 is 2.88 bits per heavy atom. The van der Waals surface area contributed by atoms with E-state index in [1.807, 2.05) is 12.1 Å². The molecule has 0 spiro atoms. The number of hydrogen-bond acceptors (Lipinski definition) is 3. The Hall–Kier alpha value is -0.640. The van der Waals surface area contributed by atoms with E-state index in [9.17, 15) is 0 Å². The highest BCUT2D eigenvalue weighted by Crippen LogP contribution is 2.13. The molecule has 0 bridgehead atoms. The molecule has 0 saturated heterocycles. The Morgan fingerprint density at radius 2 is 2.29 bits per heavy atom. The standard InChI is InChI=1S/C13H21ClN2O/c1-4-11(2)16(7-8-17-3)10-12-5-6-15-13(14)9-12/h5-6,9,11H,4,7-8,10H2,1-3H3. The molecule has 3 nitrogen and oxygen atoms in total. The van der Waals surface area contributed by atoms with Crippen LogP contribution in [0.1, 0.15) is 25.8 Å². The summed E-state index contributed by atoms with van der Waals surface area (Å²) in [5.74, 6) is 0. The van der Waals surface area contributed by atoms with E-state index in [1.165, 1.54) is 5.56 Å². The zero-order valence-electron chi connectivity index (χ0n) is 10.8. The number of nitrogens with zero attached hydrogens (tertiary/aromatic N) is 2. The van der Waals surface area contributed by atoms with E-state index in [1.54, 1.807) is 13.3 Å². The first-order valence-corrected chi connectivity index (χ1v) is 6.38. The monoisotopic (exact) mass is 256 g/mol. The average Bonchev–Trinajstić information content (AvgIpc) is 2.33. The molecule has 17 heavy (non-hydrogen) atoms. The predicted molar refractivity (Wildman–Crippen MR) is 71.3 cm³/mol. The number of pyridine rings is 1. The van der Waals surface area contributed by atoms with E-state index in [0.29, 0.717) is 11.2 Å². The zero-order chi connectivity index (χ0) is 12.7. The lowest BCUT2D eigenvalue weighted by molar-refractivity contribution is 0.118. The fourth-order valence-corrected chi connectivity index (χ4v) is 1.89. The Morgan fingerprint density at radius 1 is 1.53 bits per heavy atom. The van der Waals surface area contributed by atoms with Gasteiger partial charge in [-0.3, -0.25) is 4.90 Å². The van der Waals surface area contributed by atoms with Crippen LogP contribution in [0.2, 0.25) is 5.15 Å². The number of rotatable bonds is 7. The topological polar surface area (TPSA) is 25.4 Å². The molecule has 0 aliphatic rings. The molecular weight excluding hydrogens is 236 g/mol. The zero-order valence-corrected chi connectivity index (χ0v) is 11.6. The number of methoxy groups -OCH3 is 1. The third-order valence-electron chi connectivity index (χ3n) is 2.97. The molecule has 0 saturated carbocycles.